The summed E-state index contributed by atoms with van der Waals surface area (Å²) in [6, 6.07) is 9.98. The second-order valence-corrected chi connectivity index (χ2v) is 5.77. The van der Waals surface area contributed by atoms with Gasteiger partial charge < -0.3 is 19.9 Å². The molecule has 2 rings (SSSR count). The molecule has 0 saturated carbocycles. The van der Waals surface area contributed by atoms with Crippen LogP contribution >= 0.6 is 11.6 Å². The first-order valence-electron chi connectivity index (χ1n) is 7.64. The Morgan fingerprint density at radius 2 is 1.85 bits per heavy atom. The number of rotatable bonds is 7. The van der Waals surface area contributed by atoms with Crippen LogP contribution in [-0.4, -0.2) is 25.6 Å². The minimum atomic E-state index is -0.587. The zero-order valence-electron chi connectivity index (χ0n) is 14.3. The van der Waals surface area contributed by atoms with E-state index in [2.05, 4.69) is 0 Å². The van der Waals surface area contributed by atoms with E-state index < -0.39 is 11.9 Å². The maximum atomic E-state index is 12.0. The average molecular weight is 376 g/mol. The van der Waals surface area contributed by atoms with E-state index in [1.807, 2.05) is 0 Å². The maximum Gasteiger partial charge on any atom is 0.336 e. The Morgan fingerprint density at radius 3 is 2.50 bits per heavy atom. The minimum Gasteiger partial charge on any atom is -0.493 e. The van der Waals surface area contributed by atoms with E-state index >= 15 is 0 Å². The highest BCUT2D eigenvalue weighted by atomic mass is 35.5. The molecule has 0 aliphatic heterocycles. The monoisotopic (exact) mass is 375 g/mol. The molecule has 0 aromatic heterocycles. The van der Waals surface area contributed by atoms with Gasteiger partial charge in [0.05, 0.1) is 7.11 Å². The van der Waals surface area contributed by atoms with E-state index in [1.165, 1.54) is 13.2 Å². The predicted octanol–water partition coefficient (Wildman–Crippen LogP) is 3.14. The molecule has 0 fully saturated rings. The quantitative estimate of drug-likeness (QED) is 0.456. The van der Waals surface area contributed by atoms with Gasteiger partial charge in [0.2, 0.25) is 0 Å². The fraction of sp³-hybridized carbons (Fsp3) is 0.158. The second-order valence-electron chi connectivity index (χ2n) is 5.33. The van der Waals surface area contributed by atoms with Gasteiger partial charge in [-0.3, -0.25) is 4.79 Å². The number of carbonyl (C=O) groups excluding carboxylic acids is 2. The van der Waals surface area contributed by atoms with Gasteiger partial charge in [-0.05, 0) is 54.5 Å². The molecule has 2 N–H and O–H groups in total. The van der Waals surface area contributed by atoms with Crippen molar-refractivity contribution in [2.75, 3.05) is 13.7 Å². The molecule has 0 bridgehead atoms. The third-order valence-corrected chi connectivity index (χ3v) is 3.55. The Kier molecular flexibility index (Phi) is 6.63. The van der Waals surface area contributed by atoms with Crippen molar-refractivity contribution in [3.05, 3.63) is 58.6 Å². The van der Waals surface area contributed by atoms with Crippen molar-refractivity contribution in [3.63, 3.8) is 0 Å². The third kappa shape index (κ3) is 5.53. The molecule has 0 aliphatic rings. The first kappa shape index (κ1) is 19.3. The fourth-order valence-electron chi connectivity index (χ4n) is 2.09. The van der Waals surface area contributed by atoms with E-state index in [1.54, 1.807) is 49.4 Å². The number of methoxy groups -OCH3 is 1. The van der Waals surface area contributed by atoms with Crippen LogP contribution in [-0.2, 0) is 9.59 Å². The van der Waals surface area contributed by atoms with Crippen molar-refractivity contribution >= 4 is 29.6 Å². The largest absolute Gasteiger partial charge is 0.493 e. The number of hydrogen-bond acceptors (Lipinski definition) is 5. The molecule has 0 saturated heterocycles. The van der Waals surface area contributed by atoms with E-state index in [-0.39, 0.29) is 6.61 Å². The lowest BCUT2D eigenvalue weighted by molar-refractivity contribution is -0.129. The molecule has 0 atom stereocenters. The SMILES string of the molecule is COc1cc(/C=C/C(=O)Oc2ccc(Cl)cc2C)ccc1OCC(N)=O. The molecule has 0 aliphatic carbocycles. The van der Waals surface area contributed by atoms with E-state index in [0.717, 1.165) is 5.56 Å². The number of ether oxygens (including phenoxy) is 3. The summed E-state index contributed by atoms with van der Waals surface area (Å²) in [5, 5.41) is 0.573. The van der Waals surface area contributed by atoms with Crippen molar-refractivity contribution in [3.8, 4) is 17.2 Å². The number of halogens is 1. The summed E-state index contributed by atoms with van der Waals surface area (Å²) in [7, 11) is 1.47. The summed E-state index contributed by atoms with van der Waals surface area (Å²) in [6.45, 7) is 1.55. The number of amides is 1. The van der Waals surface area contributed by atoms with E-state index in [0.29, 0.717) is 27.8 Å². The summed E-state index contributed by atoms with van der Waals surface area (Å²) in [5.74, 6) is 0.120. The number of benzene rings is 2. The van der Waals surface area contributed by atoms with Crippen LogP contribution in [0.25, 0.3) is 6.08 Å². The second kappa shape index (κ2) is 8.92. The van der Waals surface area contributed by atoms with Crippen LogP contribution in [0.1, 0.15) is 11.1 Å². The summed E-state index contributed by atoms with van der Waals surface area (Å²) >= 11 is 5.87. The van der Waals surface area contributed by atoms with Gasteiger partial charge in [0.25, 0.3) is 5.91 Å². The number of esters is 1. The molecular formula is C19H18ClNO5. The number of nitrogens with two attached hydrogens (primary N) is 1. The maximum absolute atomic E-state index is 12.0. The van der Waals surface area contributed by atoms with Crippen molar-refractivity contribution in [1.29, 1.82) is 0 Å². The van der Waals surface area contributed by atoms with Crippen LogP contribution < -0.4 is 19.9 Å². The van der Waals surface area contributed by atoms with Gasteiger partial charge in [-0.1, -0.05) is 17.7 Å². The van der Waals surface area contributed by atoms with Gasteiger partial charge in [-0.25, -0.2) is 4.79 Å². The number of primary amides is 1. The summed E-state index contributed by atoms with van der Waals surface area (Å²) in [6.07, 6.45) is 2.88. The molecule has 7 heteroatoms. The van der Waals surface area contributed by atoms with Crippen LogP contribution in [0.4, 0.5) is 0 Å². The molecule has 1 amide bonds. The van der Waals surface area contributed by atoms with E-state index in [9.17, 15) is 9.59 Å². The van der Waals surface area contributed by atoms with Crippen LogP contribution in [0.5, 0.6) is 17.2 Å². The smallest absolute Gasteiger partial charge is 0.336 e. The Labute approximate surface area is 156 Å². The molecule has 6 nitrogen and oxygen atoms in total. The van der Waals surface area contributed by atoms with Crippen molar-refractivity contribution in [2.45, 2.75) is 6.92 Å². The van der Waals surface area contributed by atoms with Gasteiger partial charge in [-0.2, -0.15) is 0 Å². The summed E-state index contributed by atoms with van der Waals surface area (Å²) in [4.78, 5) is 22.8. The topological polar surface area (TPSA) is 87.8 Å². The standard InChI is InChI=1S/C19H18ClNO5/c1-12-9-14(20)5-7-15(12)26-19(23)8-4-13-3-6-16(17(10-13)24-2)25-11-18(21)22/h3-10H,11H2,1-2H3,(H2,21,22)/b8-4+. The van der Waals surface area contributed by atoms with Crippen LogP contribution in [0.15, 0.2) is 42.5 Å². The van der Waals surface area contributed by atoms with Gasteiger partial charge in [0, 0.05) is 11.1 Å². The molecule has 2 aromatic carbocycles. The average Bonchev–Trinajstić information content (AvgIpc) is 2.60. The normalized spacial score (nSPS) is 10.6. The van der Waals surface area contributed by atoms with Crippen LogP contribution in [0.3, 0.4) is 0 Å². The number of carbonyl (C=O) groups is 2. The fourth-order valence-corrected chi connectivity index (χ4v) is 2.32. The van der Waals surface area contributed by atoms with Crippen LogP contribution in [0.2, 0.25) is 5.02 Å². The van der Waals surface area contributed by atoms with Crippen molar-refractivity contribution < 1.29 is 23.8 Å². The van der Waals surface area contributed by atoms with Gasteiger partial charge in [0.1, 0.15) is 5.75 Å². The number of hydrogen-bond donors (Lipinski definition) is 1. The highest BCUT2D eigenvalue weighted by molar-refractivity contribution is 6.30. The molecule has 0 spiro atoms. The third-order valence-electron chi connectivity index (χ3n) is 3.32. The highest BCUT2D eigenvalue weighted by Crippen LogP contribution is 2.28. The van der Waals surface area contributed by atoms with Crippen LogP contribution in [0, 0.1) is 6.92 Å². The summed E-state index contributed by atoms with van der Waals surface area (Å²) < 4.78 is 15.7. The zero-order chi connectivity index (χ0) is 19.1. The molecule has 2 aromatic rings. The van der Waals surface area contributed by atoms with Gasteiger partial charge >= 0.3 is 5.97 Å². The first-order chi connectivity index (χ1) is 12.4. The predicted molar refractivity (Wildman–Crippen MR) is 98.5 cm³/mol. The molecule has 0 heterocycles. The minimum absolute atomic E-state index is 0.252. The lowest BCUT2D eigenvalue weighted by atomic mass is 10.2. The summed E-state index contributed by atoms with van der Waals surface area (Å²) in [5.41, 5.74) is 6.50. The van der Waals surface area contributed by atoms with Gasteiger partial charge in [-0.15, -0.1) is 0 Å². The Morgan fingerprint density at radius 1 is 1.12 bits per heavy atom. The van der Waals surface area contributed by atoms with Crippen molar-refractivity contribution in [1.82, 2.24) is 0 Å². The molecular weight excluding hydrogens is 358 g/mol. The Balaban J connectivity index is 2.06. The number of aryl methyl sites for hydroxylation is 1. The molecule has 0 radical (unpaired) electrons. The first-order valence-corrected chi connectivity index (χ1v) is 8.02. The van der Waals surface area contributed by atoms with Gasteiger partial charge in [0.15, 0.2) is 18.1 Å². The zero-order valence-corrected chi connectivity index (χ0v) is 15.1. The lowest BCUT2D eigenvalue weighted by Crippen LogP contribution is -2.20. The molecule has 136 valence electrons. The highest BCUT2D eigenvalue weighted by Gasteiger charge is 2.08. The Bertz CT molecular complexity index is 848. The van der Waals surface area contributed by atoms with E-state index in [4.69, 9.17) is 31.5 Å². The molecule has 26 heavy (non-hydrogen) atoms. The lowest BCUT2D eigenvalue weighted by Gasteiger charge is -2.10. The Hall–Kier alpha value is -2.99. The molecule has 0 unspecified atom stereocenters. The van der Waals surface area contributed by atoms with Crippen molar-refractivity contribution in [2.24, 2.45) is 5.73 Å².